The van der Waals surface area contributed by atoms with Crippen molar-refractivity contribution >= 4 is 11.8 Å². The highest BCUT2D eigenvalue weighted by Gasteiger charge is 2.30. The summed E-state index contributed by atoms with van der Waals surface area (Å²) in [5, 5.41) is 8.80. The topological polar surface area (TPSA) is 68.5 Å². The number of ether oxygens (including phenoxy) is 1. The van der Waals surface area contributed by atoms with Gasteiger partial charge in [-0.1, -0.05) is 64.2 Å². The van der Waals surface area contributed by atoms with Crippen molar-refractivity contribution in [1.82, 2.24) is 4.57 Å². The molecular formula is C43H51F4NO4. The highest BCUT2D eigenvalue weighted by molar-refractivity contribution is 6.15. The van der Waals surface area contributed by atoms with E-state index in [9.17, 15) is 22.8 Å². The smallest absolute Gasteiger partial charge is 0.340 e. The van der Waals surface area contributed by atoms with Gasteiger partial charge in [-0.2, -0.15) is 0 Å². The van der Waals surface area contributed by atoms with Gasteiger partial charge in [-0.15, -0.1) is 0 Å². The Morgan fingerprint density at radius 2 is 1.17 bits per heavy atom. The van der Waals surface area contributed by atoms with E-state index in [0.717, 1.165) is 61.9 Å². The van der Waals surface area contributed by atoms with Crippen molar-refractivity contribution in [2.24, 2.45) is 7.05 Å². The average molecular weight is 722 g/mol. The number of hydrogen-bond donors (Lipinski definition) is 1. The van der Waals surface area contributed by atoms with Gasteiger partial charge in [-0.25, -0.2) is 22.4 Å². The van der Waals surface area contributed by atoms with Crippen LogP contribution < -0.4 is 0 Å². The van der Waals surface area contributed by atoms with Crippen LogP contribution in [0.15, 0.2) is 54.7 Å². The number of aromatic nitrogens is 1. The number of aliphatic hydroxyl groups is 1. The number of halogens is 4. The zero-order valence-corrected chi connectivity index (χ0v) is 31.4. The first-order valence-electron chi connectivity index (χ1n) is 17.8. The molecule has 0 spiro atoms. The zero-order chi connectivity index (χ0) is 38.8. The van der Waals surface area contributed by atoms with E-state index in [0.29, 0.717) is 16.7 Å². The van der Waals surface area contributed by atoms with Gasteiger partial charge in [0.2, 0.25) is 5.78 Å². The van der Waals surface area contributed by atoms with E-state index < -0.39 is 23.4 Å². The van der Waals surface area contributed by atoms with Crippen molar-refractivity contribution in [3.05, 3.63) is 117 Å². The standard InChI is InChI=1S/C33H37F2NO4.C8H8F2.C2H6/c1-23-27(34)19-20-28(35)29(23)30-26(33(39)40-3)22-36(2)31(30)32(38)25-17-15-24(16-18-25)14-12-10-8-6-4-5-7-9-11-13-21-37;1-5-6(2)8(10)4-3-7(5)9;1-2/h15-20,22,37H,4-11,13,21H2,1-3H3;3-4H,1-2H3;1-2H3. The molecule has 0 saturated heterocycles. The third-order valence-electron chi connectivity index (χ3n) is 8.64. The van der Waals surface area contributed by atoms with Crippen molar-refractivity contribution in [3.8, 4) is 23.0 Å². The Morgan fingerprint density at radius 3 is 1.69 bits per heavy atom. The quantitative estimate of drug-likeness (QED) is 0.0491. The van der Waals surface area contributed by atoms with E-state index in [1.54, 1.807) is 45.2 Å². The molecule has 0 fully saturated rings. The number of carbonyl (C=O) groups excluding carboxylic acids is 2. The van der Waals surface area contributed by atoms with E-state index in [1.807, 2.05) is 13.8 Å². The predicted molar refractivity (Wildman–Crippen MR) is 199 cm³/mol. The molecule has 0 saturated carbocycles. The molecule has 0 unspecified atom stereocenters. The molecule has 0 aliphatic carbocycles. The van der Waals surface area contributed by atoms with Crippen molar-refractivity contribution in [1.29, 1.82) is 0 Å². The van der Waals surface area contributed by atoms with Gasteiger partial charge in [0.15, 0.2) is 0 Å². The van der Waals surface area contributed by atoms with Crippen molar-refractivity contribution in [2.45, 2.75) is 92.4 Å². The van der Waals surface area contributed by atoms with Crippen LogP contribution in [0.1, 0.15) is 120 Å². The van der Waals surface area contributed by atoms with E-state index in [1.165, 1.54) is 50.5 Å². The maximum atomic E-state index is 15.0. The molecule has 1 N–H and O–H groups in total. The first kappa shape index (κ1) is 43.5. The molecule has 280 valence electrons. The monoisotopic (exact) mass is 721 g/mol. The molecular weight excluding hydrogens is 670 g/mol. The third-order valence-corrected chi connectivity index (χ3v) is 8.64. The van der Waals surface area contributed by atoms with Crippen LogP contribution in [0.3, 0.4) is 0 Å². The molecule has 0 radical (unpaired) electrons. The highest BCUT2D eigenvalue weighted by atomic mass is 19.1. The molecule has 4 rings (SSSR count). The fourth-order valence-electron chi connectivity index (χ4n) is 5.52. The summed E-state index contributed by atoms with van der Waals surface area (Å²) < 4.78 is 60.9. The van der Waals surface area contributed by atoms with E-state index in [2.05, 4.69) is 11.8 Å². The highest BCUT2D eigenvalue weighted by Crippen LogP contribution is 2.36. The summed E-state index contributed by atoms with van der Waals surface area (Å²) in [5.41, 5.74) is 1.77. The van der Waals surface area contributed by atoms with E-state index in [4.69, 9.17) is 9.84 Å². The summed E-state index contributed by atoms with van der Waals surface area (Å²) in [7, 11) is 2.77. The fourth-order valence-corrected chi connectivity index (χ4v) is 5.52. The first-order chi connectivity index (χ1) is 24.9. The lowest BCUT2D eigenvalue weighted by Crippen LogP contribution is -2.10. The molecule has 1 aromatic heterocycles. The lowest BCUT2D eigenvalue weighted by Gasteiger charge is -2.13. The van der Waals surface area contributed by atoms with Crippen LogP contribution in [-0.2, 0) is 11.8 Å². The van der Waals surface area contributed by atoms with Gasteiger partial charge in [-0.3, -0.25) is 4.79 Å². The number of esters is 1. The Kier molecular flexibility index (Phi) is 18.6. The van der Waals surface area contributed by atoms with Gasteiger partial charge in [0.25, 0.3) is 0 Å². The van der Waals surface area contributed by atoms with Crippen LogP contribution in [0.25, 0.3) is 11.1 Å². The molecule has 0 amide bonds. The maximum Gasteiger partial charge on any atom is 0.340 e. The van der Waals surface area contributed by atoms with Gasteiger partial charge in [0.1, 0.15) is 23.3 Å². The molecule has 0 aliphatic rings. The number of hydrogen-bond acceptors (Lipinski definition) is 4. The SMILES string of the molecule is CC.COC(=O)c1cn(C)c(C(=O)c2ccc(C#CCCCCCCCCCCO)cc2)c1-c1c(F)ccc(F)c1C.Cc1c(F)ccc(F)c1C. The number of nitrogens with zero attached hydrogens (tertiary/aromatic N) is 1. The van der Waals surface area contributed by atoms with Gasteiger partial charge < -0.3 is 14.4 Å². The van der Waals surface area contributed by atoms with E-state index >= 15 is 4.39 Å². The summed E-state index contributed by atoms with van der Waals surface area (Å²) in [5.74, 6) is 3.04. The van der Waals surface area contributed by atoms with Gasteiger partial charge >= 0.3 is 5.97 Å². The van der Waals surface area contributed by atoms with Crippen LogP contribution in [0.4, 0.5) is 17.6 Å². The van der Waals surface area contributed by atoms with Crippen molar-refractivity contribution in [3.63, 3.8) is 0 Å². The summed E-state index contributed by atoms with van der Waals surface area (Å²) in [4.78, 5) is 26.2. The van der Waals surface area contributed by atoms with Crippen LogP contribution >= 0.6 is 0 Å². The molecule has 52 heavy (non-hydrogen) atoms. The maximum absolute atomic E-state index is 15.0. The van der Waals surface area contributed by atoms with Crippen LogP contribution in [0.2, 0.25) is 0 Å². The Bertz CT molecular complexity index is 1810. The average Bonchev–Trinajstić information content (AvgIpc) is 3.49. The number of aliphatic hydroxyl groups excluding tert-OH is 1. The Balaban J connectivity index is 0.000000664. The molecule has 9 heteroatoms. The molecule has 5 nitrogen and oxygen atoms in total. The zero-order valence-electron chi connectivity index (χ0n) is 31.4. The number of unbranched alkanes of at least 4 members (excludes halogenated alkanes) is 8. The second-order valence-corrected chi connectivity index (χ2v) is 12.2. The molecule has 3 aromatic carbocycles. The summed E-state index contributed by atoms with van der Waals surface area (Å²) in [6.45, 7) is 8.81. The second-order valence-electron chi connectivity index (χ2n) is 12.2. The van der Waals surface area contributed by atoms with Crippen LogP contribution in [0, 0.1) is 55.9 Å². The molecule has 0 bridgehead atoms. The number of ketones is 1. The normalized spacial score (nSPS) is 10.3. The minimum atomic E-state index is -0.753. The van der Waals surface area contributed by atoms with Gasteiger partial charge in [0, 0.05) is 48.5 Å². The van der Waals surface area contributed by atoms with Gasteiger partial charge in [-0.05, 0) is 98.8 Å². The summed E-state index contributed by atoms with van der Waals surface area (Å²) >= 11 is 0. The Morgan fingerprint density at radius 1 is 0.692 bits per heavy atom. The third kappa shape index (κ3) is 11.9. The number of aryl methyl sites for hydroxylation is 1. The predicted octanol–water partition coefficient (Wildman–Crippen LogP) is 10.8. The largest absolute Gasteiger partial charge is 0.465 e. The molecule has 4 aromatic rings. The minimum absolute atomic E-state index is 0.00266. The lowest BCUT2D eigenvalue weighted by molar-refractivity contribution is 0.0601. The minimum Gasteiger partial charge on any atom is -0.465 e. The van der Waals surface area contributed by atoms with E-state index in [-0.39, 0.29) is 46.2 Å². The van der Waals surface area contributed by atoms with Crippen LogP contribution in [-0.4, -0.2) is 35.1 Å². The number of benzene rings is 3. The Labute approximate surface area is 306 Å². The second kappa shape index (κ2) is 22.3. The van der Waals surface area contributed by atoms with Crippen molar-refractivity contribution in [2.75, 3.05) is 13.7 Å². The number of methoxy groups -OCH3 is 1. The fraction of sp³-hybridized carbons (Fsp3) is 0.395. The summed E-state index contributed by atoms with van der Waals surface area (Å²) in [6.07, 6.45) is 11.2. The molecule has 1 heterocycles. The summed E-state index contributed by atoms with van der Waals surface area (Å²) in [6, 6.07) is 11.1. The first-order valence-corrected chi connectivity index (χ1v) is 17.8. The van der Waals surface area contributed by atoms with Gasteiger partial charge in [0.05, 0.1) is 18.4 Å². The van der Waals surface area contributed by atoms with Crippen molar-refractivity contribution < 1.29 is 37.0 Å². The number of carbonyl (C=O) groups is 2. The molecule has 0 atom stereocenters. The Hall–Kier alpha value is -4.68. The number of rotatable bonds is 13. The lowest BCUT2D eigenvalue weighted by atomic mass is 9.93. The molecule has 0 aliphatic heterocycles. The van der Waals surface area contributed by atoms with Crippen LogP contribution in [0.5, 0.6) is 0 Å².